The molecule has 0 bridgehead atoms. The van der Waals surface area contributed by atoms with Gasteiger partial charge >= 0.3 is 0 Å². The minimum Gasteiger partial charge on any atom is -0.262 e. The van der Waals surface area contributed by atoms with Gasteiger partial charge in [-0.05, 0) is 23.7 Å². The summed E-state index contributed by atoms with van der Waals surface area (Å²) in [7, 11) is -3.75. The second-order valence-electron chi connectivity index (χ2n) is 3.01. The molecule has 0 atom stereocenters. The van der Waals surface area contributed by atoms with E-state index in [1.54, 1.807) is 0 Å². The first-order valence-electron chi connectivity index (χ1n) is 4.35. The van der Waals surface area contributed by atoms with Crippen LogP contribution in [0.1, 0.15) is 0 Å². The molecule has 2 rings (SSSR count). The van der Waals surface area contributed by atoms with Gasteiger partial charge in [-0.15, -0.1) is 11.3 Å². The summed E-state index contributed by atoms with van der Waals surface area (Å²) in [6.45, 7) is 0. The minimum atomic E-state index is -3.75. The highest BCUT2D eigenvalue weighted by Gasteiger charge is 2.18. The van der Waals surface area contributed by atoms with Gasteiger partial charge in [0.05, 0.1) is 4.34 Å². The van der Waals surface area contributed by atoms with Gasteiger partial charge in [-0.2, -0.15) is 4.98 Å². The van der Waals surface area contributed by atoms with Crippen molar-refractivity contribution in [2.75, 3.05) is 4.72 Å². The predicted molar refractivity (Wildman–Crippen MR) is 72.2 cm³/mol. The first kappa shape index (κ1) is 13.8. The Morgan fingerprint density at radius 2 is 1.89 bits per heavy atom. The van der Waals surface area contributed by atoms with Crippen molar-refractivity contribution in [1.29, 1.82) is 0 Å². The maximum absolute atomic E-state index is 11.9. The average Bonchev–Trinajstić information content (AvgIpc) is 2.62. The number of aromatic nitrogens is 2. The maximum Gasteiger partial charge on any atom is 0.272 e. The highest BCUT2D eigenvalue weighted by Crippen LogP contribution is 2.27. The van der Waals surface area contributed by atoms with Crippen molar-refractivity contribution < 1.29 is 8.42 Å². The van der Waals surface area contributed by atoms with Crippen LogP contribution in [-0.2, 0) is 10.0 Å². The summed E-state index contributed by atoms with van der Waals surface area (Å²) in [4.78, 5) is 7.31. The van der Waals surface area contributed by atoms with Crippen molar-refractivity contribution in [3.8, 4) is 0 Å². The van der Waals surface area contributed by atoms with Gasteiger partial charge in [-0.25, -0.2) is 13.4 Å². The third-order valence-corrected chi connectivity index (χ3v) is 5.16. The number of halogens is 3. The van der Waals surface area contributed by atoms with E-state index in [1.807, 2.05) is 0 Å². The molecule has 0 radical (unpaired) electrons. The molecule has 0 aliphatic heterocycles. The van der Waals surface area contributed by atoms with Gasteiger partial charge in [0.2, 0.25) is 5.28 Å². The molecule has 0 aliphatic carbocycles. The number of hydrogen-bond acceptors (Lipinski definition) is 5. The van der Waals surface area contributed by atoms with E-state index in [4.69, 9.17) is 34.8 Å². The van der Waals surface area contributed by atoms with Crippen molar-refractivity contribution in [2.24, 2.45) is 0 Å². The molecule has 0 aliphatic rings. The number of nitrogens with one attached hydrogen (secondary N) is 1. The van der Waals surface area contributed by atoms with Gasteiger partial charge in [0, 0.05) is 6.07 Å². The fourth-order valence-electron chi connectivity index (χ4n) is 1.07. The summed E-state index contributed by atoms with van der Waals surface area (Å²) in [5, 5.41) is -0.110. The molecule has 18 heavy (non-hydrogen) atoms. The van der Waals surface area contributed by atoms with Gasteiger partial charge in [-0.1, -0.05) is 23.2 Å². The normalized spacial score (nSPS) is 11.5. The number of rotatable bonds is 3. The molecule has 0 fully saturated rings. The number of nitrogens with zero attached hydrogens (tertiary/aromatic N) is 2. The van der Waals surface area contributed by atoms with Gasteiger partial charge < -0.3 is 0 Å². The molecule has 0 saturated heterocycles. The summed E-state index contributed by atoms with van der Waals surface area (Å²) < 4.78 is 26.5. The summed E-state index contributed by atoms with van der Waals surface area (Å²) >= 11 is 17.8. The van der Waals surface area contributed by atoms with Crippen LogP contribution in [0.25, 0.3) is 0 Å². The number of hydrogen-bond donors (Lipinski definition) is 1. The Bertz CT molecular complexity index is 666. The van der Waals surface area contributed by atoms with Gasteiger partial charge in [0.1, 0.15) is 15.2 Å². The van der Waals surface area contributed by atoms with Gasteiger partial charge in [0.15, 0.2) is 0 Å². The monoisotopic (exact) mass is 343 g/mol. The van der Waals surface area contributed by atoms with Crippen LogP contribution in [0.15, 0.2) is 22.4 Å². The molecule has 2 aromatic rings. The molecule has 96 valence electrons. The van der Waals surface area contributed by atoms with Crippen LogP contribution in [0.3, 0.4) is 0 Å². The van der Waals surface area contributed by atoms with Crippen LogP contribution in [0.2, 0.25) is 14.8 Å². The molecule has 2 heterocycles. The zero-order chi connectivity index (χ0) is 13.3. The number of anilines is 1. The minimum absolute atomic E-state index is 0.00970. The van der Waals surface area contributed by atoms with Crippen LogP contribution in [0, 0.1) is 0 Å². The lowest BCUT2D eigenvalue weighted by atomic mass is 10.6. The summed E-state index contributed by atoms with van der Waals surface area (Å²) in [5.74, 6) is -0.00970. The maximum atomic E-state index is 11.9. The van der Waals surface area contributed by atoms with Crippen LogP contribution in [0.4, 0.5) is 5.82 Å². The Morgan fingerprint density at radius 1 is 1.17 bits per heavy atom. The fraction of sp³-hybridized carbons (Fsp3) is 0. The molecule has 0 amide bonds. The van der Waals surface area contributed by atoms with Crippen molar-refractivity contribution in [3.05, 3.63) is 33.0 Å². The average molecular weight is 345 g/mol. The Balaban J connectivity index is 2.33. The van der Waals surface area contributed by atoms with Crippen molar-refractivity contribution in [2.45, 2.75) is 4.21 Å². The smallest absolute Gasteiger partial charge is 0.262 e. The van der Waals surface area contributed by atoms with Crippen LogP contribution in [0.5, 0.6) is 0 Å². The first-order chi connectivity index (χ1) is 8.37. The lowest BCUT2D eigenvalue weighted by molar-refractivity contribution is 0.603. The topological polar surface area (TPSA) is 72.0 Å². The Labute approximate surface area is 122 Å². The number of sulfonamides is 1. The first-order valence-corrected chi connectivity index (χ1v) is 7.78. The zero-order valence-corrected chi connectivity index (χ0v) is 12.3. The third kappa shape index (κ3) is 3.24. The molecule has 0 unspecified atom stereocenters. The van der Waals surface area contributed by atoms with Crippen molar-refractivity contribution >= 4 is 62.0 Å². The third-order valence-electron chi connectivity index (χ3n) is 1.72. The molecule has 2 aromatic heterocycles. The summed E-state index contributed by atoms with van der Waals surface area (Å²) in [6, 6.07) is 4.13. The van der Waals surface area contributed by atoms with E-state index >= 15 is 0 Å². The van der Waals surface area contributed by atoms with Gasteiger partial charge in [0.25, 0.3) is 10.0 Å². The van der Waals surface area contributed by atoms with Crippen LogP contribution >= 0.6 is 46.1 Å². The molecule has 10 heteroatoms. The van der Waals surface area contributed by atoms with Crippen LogP contribution < -0.4 is 4.72 Å². The molecule has 5 nitrogen and oxygen atoms in total. The quantitative estimate of drug-likeness (QED) is 0.685. The standard InChI is InChI=1S/C8H4Cl3N3O2S2/c9-4-3-6(13-8(11)12-4)14-18(15,16)7-2-1-5(10)17-7/h1-3H,(H,12,13,14). The molecule has 0 spiro atoms. The molecule has 0 aromatic carbocycles. The summed E-state index contributed by atoms with van der Waals surface area (Å²) in [6.07, 6.45) is 0. The van der Waals surface area contributed by atoms with Crippen molar-refractivity contribution in [3.63, 3.8) is 0 Å². The lowest BCUT2D eigenvalue weighted by Crippen LogP contribution is -2.12. The van der Waals surface area contributed by atoms with E-state index in [-0.39, 0.29) is 20.5 Å². The van der Waals surface area contributed by atoms with E-state index in [0.717, 1.165) is 11.3 Å². The molecule has 0 saturated carbocycles. The number of thiophene rings is 1. The lowest BCUT2D eigenvalue weighted by Gasteiger charge is -2.05. The molecule has 1 N–H and O–H groups in total. The Morgan fingerprint density at radius 3 is 2.44 bits per heavy atom. The summed E-state index contributed by atoms with van der Waals surface area (Å²) in [5.41, 5.74) is 0. The predicted octanol–water partition coefficient (Wildman–Crippen LogP) is 3.30. The van der Waals surface area contributed by atoms with Crippen LogP contribution in [-0.4, -0.2) is 18.4 Å². The van der Waals surface area contributed by atoms with Crippen molar-refractivity contribution in [1.82, 2.24) is 9.97 Å². The Hall–Kier alpha value is -0.600. The van der Waals surface area contributed by atoms with E-state index in [2.05, 4.69) is 14.7 Å². The highest BCUT2D eigenvalue weighted by molar-refractivity contribution is 7.94. The largest absolute Gasteiger partial charge is 0.272 e. The van der Waals surface area contributed by atoms with E-state index in [1.165, 1.54) is 18.2 Å². The second-order valence-corrected chi connectivity index (χ2v) is 7.36. The van der Waals surface area contributed by atoms with E-state index < -0.39 is 10.0 Å². The fourth-order valence-corrected chi connectivity index (χ4v) is 3.96. The molecular formula is C8H4Cl3N3O2S2. The zero-order valence-electron chi connectivity index (χ0n) is 8.39. The SMILES string of the molecule is O=S(=O)(Nc1cc(Cl)nc(Cl)n1)c1ccc(Cl)s1. The Kier molecular flexibility index (Phi) is 3.98. The van der Waals surface area contributed by atoms with E-state index in [9.17, 15) is 8.42 Å². The molecular weight excluding hydrogens is 341 g/mol. The highest BCUT2D eigenvalue weighted by atomic mass is 35.5. The van der Waals surface area contributed by atoms with Gasteiger partial charge in [-0.3, -0.25) is 4.72 Å². The van der Waals surface area contributed by atoms with E-state index in [0.29, 0.717) is 4.34 Å². The second kappa shape index (κ2) is 5.18.